The number of thioether (sulfide) groups is 1. The molecule has 3 aromatic carbocycles. The number of aromatic nitrogens is 3. The molecule has 1 aliphatic heterocycles. The lowest BCUT2D eigenvalue weighted by molar-refractivity contribution is -0.113. The van der Waals surface area contributed by atoms with Crippen molar-refractivity contribution >= 4 is 45.3 Å². The fourth-order valence-corrected chi connectivity index (χ4v) is 6.99. The summed E-state index contributed by atoms with van der Waals surface area (Å²) in [6.07, 6.45) is 1.65. The molecule has 240 valence electrons. The minimum absolute atomic E-state index is 0.0437. The zero-order valence-corrected chi connectivity index (χ0v) is 26.4. The maximum Gasteiger partial charge on any atom is 0.338 e. The molecule has 0 unspecified atom stereocenters. The van der Waals surface area contributed by atoms with Crippen molar-refractivity contribution in [2.24, 2.45) is 0 Å². The van der Waals surface area contributed by atoms with Crippen LogP contribution in [-0.4, -0.2) is 70.7 Å². The number of benzene rings is 3. The van der Waals surface area contributed by atoms with E-state index in [9.17, 15) is 27.2 Å². The van der Waals surface area contributed by atoms with E-state index < -0.39 is 27.7 Å². The Balaban J connectivity index is 1.25. The molecule has 5 rings (SSSR count). The van der Waals surface area contributed by atoms with Gasteiger partial charge < -0.3 is 15.4 Å². The van der Waals surface area contributed by atoms with Gasteiger partial charge in [-0.3, -0.25) is 14.2 Å². The van der Waals surface area contributed by atoms with E-state index >= 15 is 0 Å². The number of esters is 1. The summed E-state index contributed by atoms with van der Waals surface area (Å²) in [5.41, 5.74) is 1.63. The van der Waals surface area contributed by atoms with Gasteiger partial charge in [-0.05, 0) is 92.6 Å². The topological polar surface area (TPSA) is 153 Å². The number of hydrogen-bond acceptors (Lipinski definition) is 9. The zero-order valence-electron chi connectivity index (χ0n) is 24.8. The highest BCUT2D eigenvalue weighted by Gasteiger charge is 2.27. The summed E-state index contributed by atoms with van der Waals surface area (Å²) in [4.78, 5) is 37.6. The van der Waals surface area contributed by atoms with E-state index in [4.69, 9.17) is 4.74 Å². The quantitative estimate of drug-likeness (QED) is 0.169. The third-order valence-electron chi connectivity index (χ3n) is 7.02. The van der Waals surface area contributed by atoms with Crippen molar-refractivity contribution < 1.29 is 31.9 Å². The summed E-state index contributed by atoms with van der Waals surface area (Å²) in [6, 6.07) is 17.6. The smallest absolute Gasteiger partial charge is 0.338 e. The monoisotopic (exact) mass is 666 g/mol. The molecule has 0 aliphatic carbocycles. The summed E-state index contributed by atoms with van der Waals surface area (Å²) in [6.45, 7) is 2.88. The van der Waals surface area contributed by atoms with Crippen LogP contribution in [0.3, 0.4) is 0 Å². The van der Waals surface area contributed by atoms with E-state index in [1.54, 1.807) is 35.8 Å². The Labute approximate surface area is 269 Å². The lowest BCUT2D eigenvalue weighted by atomic mass is 10.2. The normalized spacial score (nSPS) is 13.3. The SMILES string of the molecule is CCOC(=O)c1ccc(NC(=O)CSc2nnc(CNC(=O)c3ccc(S(=O)(=O)N4CCCC4)cc3)n2-c2ccc(F)cc2)cc1. The lowest BCUT2D eigenvalue weighted by Crippen LogP contribution is -2.28. The van der Waals surface area contributed by atoms with Crippen LogP contribution < -0.4 is 10.6 Å². The molecule has 0 radical (unpaired) electrons. The Hall–Kier alpha value is -4.60. The summed E-state index contributed by atoms with van der Waals surface area (Å²) in [7, 11) is -3.60. The highest BCUT2D eigenvalue weighted by atomic mass is 32.2. The van der Waals surface area contributed by atoms with E-state index in [1.807, 2.05) is 0 Å². The molecular formula is C31H31FN6O6S2. The maximum absolute atomic E-state index is 13.7. The van der Waals surface area contributed by atoms with E-state index in [2.05, 4.69) is 20.8 Å². The molecule has 0 spiro atoms. The molecule has 12 nitrogen and oxygen atoms in total. The van der Waals surface area contributed by atoms with Gasteiger partial charge in [0.1, 0.15) is 5.82 Å². The van der Waals surface area contributed by atoms with Crippen LogP contribution in [0.15, 0.2) is 82.8 Å². The van der Waals surface area contributed by atoms with Gasteiger partial charge in [-0.1, -0.05) is 11.8 Å². The van der Waals surface area contributed by atoms with Crippen molar-refractivity contribution in [1.29, 1.82) is 0 Å². The summed E-state index contributed by atoms with van der Waals surface area (Å²) in [5, 5.41) is 14.2. The van der Waals surface area contributed by atoms with Crippen molar-refractivity contribution in [3.8, 4) is 5.69 Å². The third kappa shape index (κ3) is 7.78. The van der Waals surface area contributed by atoms with Gasteiger partial charge in [-0.25, -0.2) is 17.6 Å². The van der Waals surface area contributed by atoms with Gasteiger partial charge >= 0.3 is 5.97 Å². The van der Waals surface area contributed by atoms with Crippen LogP contribution in [-0.2, 0) is 26.1 Å². The molecule has 0 saturated carbocycles. The number of nitrogens with zero attached hydrogens (tertiary/aromatic N) is 4. The fraction of sp³-hybridized carbons (Fsp3) is 0.258. The van der Waals surface area contributed by atoms with Crippen LogP contribution in [0.4, 0.5) is 10.1 Å². The second-order valence-corrected chi connectivity index (χ2v) is 13.0. The van der Waals surface area contributed by atoms with Crippen molar-refractivity contribution in [1.82, 2.24) is 24.4 Å². The molecule has 1 aromatic heterocycles. The largest absolute Gasteiger partial charge is 0.462 e. The summed E-state index contributed by atoms with van der Waals surface area (Å²) in [5.74, 6) is -1.41. The standard InChI is InChI=1S/C31H31FN6O6S2/c1-2-44-30(41)22-5-11-24(12-6-22)34-28(39)20-45-31-36-35-27(38(31)25-13-9-23(32)10-14-25)19-33-29(40)21-7-15-26(16-8-21)46(42,43)37-17-3-4-18-37/h5-16H,2-4,17-20H2,1H3,(H,33,40)(H,34,39). The minimum atomic E-state index is -3.60. The molecule has 4 aromatic rings. The molecule has 46 heavy (non-hydrogen) atoms. The number of anilines is 1. The van der Waals surface area contributed by atoms with Gasteiger partial charge in [0.25, 0.3) is 5.91 Å². The highest BCUT2D eigenvalue weighted by Crippen LogP contribution is 2.24. The average Bonchev–Trinajstić information content (AvgIpc) is 3.75. The van der Waals surface area contributed by atoms with Gasteiger partial charge in [0.15, 0.2) is 11.0 Å². The molecule has 1 aliphatic rings. The van der Waals surface area contributed by atoms with Crippen LogP contribution >= 0.6 is 11.8 Å². The number of carbonyl (C=O) groups excluding carboxylic acids is 3. The van der Waals surface area contributed by atoms with Gasteiger partial charge in [-0.15, -0.1) is 10.2 Å². The van der Waals surface area contributed by atoms with Crippen LogP contribution in [0.1, 0.15) is 46.3 Å². The maximum atomic E-state index is 13.7. The van der Waals surface area contributed by atoms with Crippen molar-refractivity contribution in [3.63, 3.8) is 0 Å². The average molecular weight is 667 g/mol. The zero-order chi connectivity index (χ0) is 32.7. The number of halogens is 1. The molecule has 0 bridgehead atoms. The van der Waals surface area contributed by atoms with Crippen LogP contribution in [0, 0.1) is 5.82 Å². The van der Waals surface area contributed by atoms with Crippen LogP contribution in [0.2, 0.25) is 0 Å². The minimum Gasteiger partial charge on any atom is -0.462 e. The van der Waals surface area contributed by atoms with E-state index in [0.717, 1.165) is 24.6 Å². The Morgan fingerprint density at radius 2 is 1.57 bits per heavy atom. The Kier molecular flexibility index (Phi) is 10.4. The van der Waals surface area contributed by atoms with Gasteiger partial charge in [-0.2, -0.15) is 4.31 Å². The van der Waals surface area contributed by atoms with Crippen LogP contribution in [0.25, 0.3) is 5.69 Å². The molecule has 1 fully saturated rings. The molecule has 0 atom stereocenters. The Morgan fingerprint density at radius 1 is 0.913 bits per heavy atom. The first-order valence-corrected chi connectivity index (χ1v) is 16.9. The Morgan fingerprint density at radius 3 is 2.22 bits per heavy atom. The summed E-state index contributed by atoms with van der Waals surface area (Å²) < 4.78 is 47.3. The van der Waals surface area contributed by atoms with E-state index in [0.29, 0.717) is 41.0 Å². The van der Waals surface area contributed by atoms with Gasteiger partial charge in [0.2, 0.25) is 15.9 Å². The van der Waals surface area contributed by atoms with Crippen molar-refractivity contribution in [3.05, 3.63) is 95.6 Å². The first-order valence-electron chi connectivity index (χ1n) is 14.4. The number of ether oxygens (including phenoxy) is 1. The molecule has 2 amide bonds. The molecule has 15 heteroatoms. The number of carbonyl (C=O) groups is 3. The number of sulfonamides is 1. The van der Waals surface area contributed by atoms with Gasteiger partial charge in [0, 0.05) is 30.0 Å². The third-order valence-corrected chi connectivity index (χ3v) is 9.87. The second-order valence-electron chi connectivity index (χ2n) is 10.2. The molecular weight excluding hydrogens is 636 g/mol. The molecule has 2 N–H and O–H groups in total. The van der Waals surface area contributed by atoms with E-state index in [1.165, 1.54) is 52.8 Å². The Bertz CT molecular complexity index is 1810. The van der Waals surface area contributed by atoms with Crippen molar-refractivity contribution in [2.45, 2.75) is 36.4 Å². The van der Waals surface area contributed by atoms with Crippen molar-refractivity contribution in [2.75, 3.05) is 30.8 Å². The number of rotatable bonds is 12. The lowest BCUT2D eigenvalue weighted by Gasteiger charge is -2.15. The highest BCUT2D eigenvalue weighted by molar-refractivity contribution is 7.99. The fourth-order valence-electron chi connectivity index (χ4n) is 4.71. The van der Waals surface area contributed by atoms with E-state index in [-0.39, 0.29) is 35.3 Å². The first-order chi connectivity index (χ1) is 22.2. The van der Waals surface area contributed by atoms with Crippen LogP contribution in [0.5, 0.6) is 0 Å². The predicted molar refractivity (Wildman–Crippen MR) is 169 cm³/mol. The number of hydrogen-bond donors (Lipinski definition) is 2. The number of nitrogens with one attached hydrogen (secondary N) is 2. The second kappa shape index (κ2) is 14.7. The molecule has 1 saturated heterocycles. The summed E-state index contributed by atoms with van der Waals surface area (Å²) >= 11 is 1.09. The number of amides is 2. The predicted octanol–water partition coefficient (Wildman–Crippen LogP) is 4.03. The van der Waals surface area contributed by atoms with Gasteiger partial charge in [0.05, 0.1) is 29.4 Å². The molecule has 2 heterocycles. The first kappa shape index (κ1) is 32.8.